The lowest BCUT2D eigenvalue weighted by Gasteiger charge is -2.02. The van der Waals surface area contributed by atoms with Crippen LogP contribution in [-0.2, 0) is 0 Å². The van der Waals surface area contributed by atoms with E-state index in [1.165, 1.54) is 0 Å². The molecule has 0 aliphatic carbocycles. The number of nitrogens with zero attached hydrogens (tertiary/aromatic N) is 3. The van der Waals surface area contributed by atoms with E-state index in [1.54, 1.807) is 22.7 Å². The highest BCUT2D eigenvalue weighted by atomic mass is 15.1. The smallest absolute Gasteiger partial charge is 0.138 e. The maximum atomic E-state index is 8.78. The molecule has 64 valence electrons. The number of aromatic nitrogens is 2. The first-order chi connectivity index (χ1) is 6.24. The molecule has 0 fully saturated rings. The van der Waals surface area contributed by atoms with Gasteiger partial charge in [0.1, 0.15) is 17.5 Å². The van der Waals surface area contributed by atoms with Gasteiger partial charge in [-0.2, -0.15) is 5.26 Å². The minimum absolute atomic E-state index is 0.560. The van der Waals surface area contributed by atoms with Crippen LogP contribution in [0.25, 0.3) is 5.65 Å². The average molecular weight is 172 g/mol. The van der Waals surface area contributed by atoms with Gasteiger partial charge in [0, 0.05) is 5.69 Å². The van der Waals surface area contributed by atoms with Crippen molar-refractivity contribution in [2.75, 3.05) is 5.73 Å². The molecule has 0 saturated carbocycles. The van der Waals surface area contributed by atoms with Crippen LogP contribution in [0, 0.1) is 18.3 Å². The first kappa shape index (κ1) is 7.62. The van der Waals surface area contributed by atoms with Crippen LogP contribution < -0.4 is 5.73 Å². The average Bonchev–Trinajstić information content (AvgIpc) is 2.49. The van der Waals surface area contributed by atoms with Crippen LogP contribution in [-0.4, -0.2) is 9.38 Å². The summed E-state index contributed by atoms with van der Waals surface area (Å²) < 4.78 is 1.76. The minimum atomic E-state index is 0.560. The Morgan fingerprint density at radius 2 is 2.31 bits per heavy atom. The molecule has 0 aliphatic heterocycles. The van der Waals surface area contributed by atoms with E-state index in [1.807, 2.05) is 6.92 Å². The predicted molar refractivity (Wildman–Crippen MR) is 49.1 cm³/mol. The molecule has 2 N–H and O–H groups in total. The Morgan fingerprint density at radius 3 is 3.00 bits per heavy atom. The number of fused-ring (bicyclic) bond motifs is 1. The van der Waals surface area contributed by atoms with Gasteiger partial charge in [0.05, 0.1) is 11.8 Å². The highest BCUT2D eigenvalue weighted by Crippen LogP contribution is 2.14. The van der Waals surface area contributed by atoms with E-state index in [9.17, 15) is 0 Å². The minimum Gasteiger partial charge on any atom is -0.383 e. The molecule has 0 aromatic carbocycles. The zero-order chi connectivity index (χ0) is 9.42. The van der Waals surface area contributed by atoms with Crippen molar-refractivity contribution in [3.63, 3.8) is 0 Å². The molecule has 2 aromatic rings. The molecule has 0 atom stereocenters. The summed E-state index contributed by atoms with van der Waals surface area (Å²) in [5, 5.41) is 8.78. The Balaban J connectivity index is 2.93. The summed E-state index contributed by atoms with van der Waals surface area (Å²) in [5.74, 6) is 0.560. The molecule has 0 amide bonds. The summed E-state index contributed by atoms with van der Waals surface area (Å²) in [4.78, 5) is 4.08. The molecule has 0 saturated heterocycles. The van der Waals surface area contributed by atoms with Crippen LogP contribution in [0.15, 0.2) is 18.3 Å². The molecule has 2 aromatic heterocycles. The van der Waals surface area contributed by atoms with Gasteiger partial charge in [0.2, 0.25) is 0 Å². The molecule has 0 aliphatic rings. The number of hydrogen-bond acceptors (Lipinski definition) is 3. The Labute approximate surface area is 75.2 Å². The van der Waals surface area contributed by atoms with Crippen LogP contribution in [0.3, 0.4) is 0 Å². The van der Waals surface area contributed by atoms with E-state index in [0.29, 0.717) is 11.4 Å². The first-order valence-electron chi connectivity index (χ1n) is 3.86. The lowest BCUT2D eigenvalue weighted by atomic mass is 10.2. The Hall–Kier alpha value is -2.02. The molecule has 13 heavy (non-hydrogen) atoms. The van der Waals surface area contributed by atoms with Gasteiger partial charge in [-0.05, 0) is 19.1 Å². The summed E-state index contributed by atoms with van der Waals surface area (Å²) in [7, 11) is 0. The van der Waals surface area contributed by atoms with Crippen molar-refractivity contribution in [1.29, 1.82) is 5.26 Å². The normalized spacial score (nSPS) is 10.2. The number of rotatable bonds is 0. The fourth-order valence-electron chi connectivity index (χ4n) is 1.38. The lowest BCUT2D eigenvalue weighted by Crippen LogP contribution is -1.98. The Bertz CT molecular complexity index is 504. The van der Waals surface area contributed by atoms with Crippen LogP contribution in [0.1, 0.15) is 11.3 Å². The largest absolute Gasteiger partial charge is 0.383 e. The number of nitrogens with two attached hydrogens (primary N) is 1. The topological polar surface area (TPSA) is 67.1 Å². The highest BCUT2D eigenvalue weighted by molar-refractivity contribution is 5.53. The van der Waals surface area contributed by atoms with Gasteiger partial charge in [-0.3, -0.25) is 4.40 Å². The lowest BCUT2D eigenvalue weighted by molar-refractivity contribution is 1.09. The van der Waals surface area contributed by atoms with Gasteiger partial charge >= 0.3 is 0 Å². The number of nitriles is 1. The molecular formula is C9H8N4. The van der Waals surface area contributed by atoms with Crippen molar-refractivity contribution in [2.45, 2.75) is 6.92 Å². The van der Waals surface area contributed by atoms with Crippen molar-refractivity contribution in [3.05, 3.63) is 29.6 Å². The molecule has 2 heterocycles. The van der Waals surface area contributed by atoms with E-state index in [-0.39, 0.29) is 0 Å². The summed E-state index contributed by atoms with van der Waals surface area (Å²) in [6, 6.07) is 5.63. The van der Waals surface area contributed by atoms with Crippen molar-refractivity contribution >= 4 is 11.5 Å². The van der Waals surface area contributed by atoms with Gasteiger partial charge < -0.3 is 5.73 Å². The van der Waals surface area contributed by atoms with Crippen LogP contribution >= 0.6 is 0 Å². The number of nitrogen functional groups attached to an aromatic ring is 1. The molecule has 0 radical (unpaired) electrons. The molecule has 4 nitrogen and oxygen atoms in total. The summed E-state index contributed by atoms with van der Waals surface area (Å²) in [6.07, 6.45) is 1.59. The summed E-state index contributed by atoms with van der Waals surface area (Å²) in [5.41, 5.74) is 7.92. The molecule has 0 unspecified atom stereocenters. The quantitative estimate of drug-likeness (QED) is 0.647. The van der Waals surface area contributed by atoms with Crippen molar-refractivity contribution in [3.8, 4) is 6.07 Å². The van der Waals surface area contributed by atoms with E-state index in [4.69, 9.17) is 11.0 Å². The van der Waals surface area contributed by atoms with Gasteiger partial charge in [-0.25, -0.2) is 4.98 Å². The van der Waals surface area contributed by atoms with E-state index in [2.05, 4.69) is 11.1 Å². The summed E-state index contributed by atoms with van der Waals surface area (Å²) in [6.45, 7) is 1.85. The maximum absolute atomic E-state index is 8.78. The number of anilines is 1. The third-order valence-electron chi connectivity index (χ3n) is 2.06. The molecule has 2 rings (SSSR count). The van der Waals surface area contributed by atoms with Crippen LogP contribution in [0.5, 0.6) is 0 Å². The predicted octanol–water partition coefficient (Wildman–Crippen LogP) is 1.10. The molecular weight excluding hydrogens is 164 g/mol. The van der Waals surface area contributed by atoms with Crippen molar-refractivity contribution < 1.29 is 0 Å². The Morgan fingerprint density at radius 1 is 1.54 bits per heavy atom. The number of imidazole rings is 1. The molecule has 0 bridgehead atoms. The number of hydrogen-bond donors (Lipinski definition) is 1. The maximum Gasteiger partial charge on any atom is 0.138 e. The highest BCUT2D eigenvalue weighted by Gasteiger charge is 2.05. The third kappa shape index (κ3) is 0.942. The van der Waals surface area contributed by atoms with Crippen LogP contribution in [0.4, 0.5) is 5.82 Å². The van der Waals surface area contributed by atoms with E-state index < -0.39 is 0 Å². The fraction of sp³-hybridized carbons (Fsp3) is 0.111. The Kier molecular flexibility index (Phi) is 1.46. The van der Waals surface area contributed by atoms with Gasteiger partial charge in [0.15, 0.2) is 0 Å². The third-order valence-corrected chi connectivity index (χ3v) is 2.06. The zero-order valence-electron chi connectivity index (χ0n) is 7.15. The second-order valence-corrected chi connectivity index (χ2v) is 2.82. The summed E-state index contributed by atoms with van der Waals surface area (Å²) >= 11 is 0. The van der Waals surface area contributed by atoms with Crippen molar-refractivity contribution in [1.82, 2.24) is 9.38 Å². The second kappa shape index (κ2) is 2.49. The van der Waals surface area contributed by atoms with Crippen molar-refractivity contribution in [2.24, 2.45) is 0 Å². The SMILES string of the molecule is Cc1c(C#N)ccc2ncc(N)n12. The van der Waals surface area contributed by atoms with Gasteiger partial charge in [0.25, 0.3) is 0 Å². The van der Waals surface area contributed by atoms with Gasteiger partial charge in [-0.1, -0.05) is 0 Å². The second-order valence-electron chi connectivity index (χ2n) is 2.82. The first-order valence-corrected chi connectivity index (χ1v) is 3.86. The molecule has 4 heteroatoms. The molecule has 0 spiro atoms. The standard InChI is InChI=1S/C9H8N4/c1-6-7(4-10)2-3-9-12-5-8(11)13(6)9/h2-3,5H,11H2,1H3. The van der Waals surface area contributed by atoms with E-state index >= 15 is 0 Å². The van der Waals surface area contributed by atoms with E-state index in [0.717, 1.165) is 11.3 Å². The van der Waals surface area contributed by atoms with Gasteiger partial charge in [-0.15, -0.1) is 0 Å². The number of pyridine rings is 1. The monoisotopic (exact) mass is 172 g/mol. The number of aryl methyl sites for hydroxylation is 1. The fourth-order valence-corrected chi connectivity index (χ4v) is 1.38. The zero-order valence-corrected chi connectivity index (χ0v) is 7.15. The van der Waals surface area contributed by atoms with Crippen LogP contribution in [0.2, 0.25) is 0 Å².